The fourth-order valence-corrected chi connectivity index (χ4v) is 4.68. The van der Waals surface area contributed by atoms with Crippen molar-refractivity contribution >= 4 is 18.0 Å². The van der Waals surface area contributed by atoms with Crippen LogP contribution in [0.1, 0.15) is 49.1 Å². The van der Waals surface area contributed by atoms with E-state index in [1.165, 1.54) is 0 Å². The van der Waals surface area contributed by atoms with Gasteiger partial charge in [0.25, 0.3) is 5.91 Å². The standard InChI is InChI=1S/C26H30N2O6/c29-23(30)12-2-1-7-14-27-25(31)24-22(13-15-33-24)28-26(32)34-16-21-19-10-5-3-8-17(19)18-9-4-6-11-20(18)21/h3-6,8-11,21-22,24H,1-2,7,12-16H2,(H,27,31)(H,28,32)(H,29,30). The van der Waals surface area contributed by atoms with Gasteiger partial charge in [-0.05, 0) is 41.5 Å². The molecule has 0 aromatic heterocycles. The van der Waals surface area contributed by atoms with E-state index in [4.69, 9.17) is 14.6 Å². The van der Waals surface area contributed by atoms with E-state index in [1.807, 2.05) is 24.3 Å². The summed E-state index contributed by atoms with van der Waals surface area (Å²) in [5.74, 6) is -1.12. The zero-order chi connectivity index (χ0) is 23.9. The monoisotopic (exact) mass is 466 g/mol. The number of rotatable bonds is 10. The minimum Gasteiger partial charge on any atom is -0.481 e. The van der Waals surface area contributed by atoms with Crippen molar-refractivity contribution in [3.05, 3.63) is 59.7 Å². The lowest BCUT2D eigenvalue weighted by Crippen LogP contribution is -2.48. The molecule has 2 aromatic carbocycles. The molecule has 0 bridgehead atoms. The second kappa shape index (κ2) is 11.2. The van der Waals surface area contributed by atoms with E-state index in [1.54, 1.807) is 0 Å². The Balaban J connectivity index is 1.25. The zero-order valence-electron chi connectivity index (χ0n) is 19.0. The van der Waals surface area contributed by atoms with E-state index in [-0.39, 0.29) is 24.9 Å². The third-order valence-corrected chi connectivity index (χ3v) is 6.36. The van der Waals surface area contributed by atoms with Gasteiger partial charge in [0.05, 0.1) is 6.04 Å². The van der Waals surface area contributed by atoms with Crippen LogP contribution in [0.15, 0.2) is 48.5 Å². The molecule has 4 rings (SSSR count). The van der Waals surface area contributed by atoms with Crippen LogP contribution in [0.4, 0.5) is 4.79 Å². The third kappa shape index (κ3) is 5.56. The Bertz CT molecular complexity index is 994. The molecular formula is C26H30N2O6. The molecule has 0 radical (unpaired) electrons. The van der Waals surface area contributed by atoms with E-state index < -0.39 is 24.2 Å². The van der Waals surface area contributed by atoms with Gasteiger partial charge in [0.2, 0.25) is 0 Å². The first kappa shape index (κ1) is 23.8. The minimum absolute atomic E-state index is 0.0294. The maximum atomic E-state index is 12.6. The topological polar surface area (TPSA) is 114 Å². The van der Waals surface area contributed by atoms with Crippen LogP contribution in [0.25, 0.3) is 11.1 Å². The zero-order valence-corrected chi connectivity index (χ0v) is 19.0. The summed E-state index contributed by atoms with van der Waals surface area (Å²) < 4.78 is 11.1. The van der Waals surface area contributed by atoms with E-state index in [0.29, 0.717) is 32.4 Å². The molecule has 0 spiro atoms. The molecule has 0 saturated carbocycles. The lowest BCUT2D eigenvalue weighted by molar-refractivity contribution is -0.137. The second-order valence-electron chi connectivity index (χ2n) is 8.65. The molecule has 1 aliphatic carbocycles. The van der Waals surface area contributed by atoms with Gasteiger partial charge in [-0.25, -0.2) is 4.79 Å². The van der Waals surface area contributed by atoms with Crippen LogP contribution in [0.2, 0.25) is 0 Å². The number of hydrogen-bond acceptors (Lipinski definition) is 5. The molecule has 2 amide bonds. The van der Waals surface area contributed by atoms with Crippen LogP contribution < -0.4 is 10.6 Å². The van der Waals surface area contributed by atoms with Crippen molar-refractivity contribution in [1.82, 2.24) is 10.6 Å². The molecule has 180 valence electrons. The lowest BCUT2D eigenvalue weighted by atomic mass is 9.98. The number of unbranched alkanes of at least 4 members (excludes halogenated alkanes) is 2. The number of fused-ring (bicyclic) bond motifs is 3. The summed E-state index contributed by atoms with van der Waals surface area (Å²) in [4.78, 5) is 35.6. The van der Waals surface area contributed by atoms with Crippen LogP contribution in [0, 0.1) is 0 Å². The molecule has 1 fully saturated rings. The Morgan fingerprint density at radius 3 is 2.32 bits per heavy atom. The average Bonchev–Trinajstić information content (AvgIpc) is 3.42. The molecule has 1 aliphatic heterocycles. The van der Waals surface area contributed by atoms with Gasteiger partial charge in [0.15, 0.2) is 6.10 Å². The molecule has 8 nitrogen and oxygen atoms in total. The van der Waals surface area contributed by atoms with E-state index in [2.05, 4.69) is 34.9 Å². The van der Waals surface area contributed by atoms with Crippen molar-refractivity contribution in [2.24, 2.45) is 0 Å². The quantitative estimate of drug-likeness (QED) is 0.462. The van der Waals surface area contributed by atoms with Crippen molar-refractivity contribution in [3.8, 4) is 11.1 Å². The first-order valence-electron chi connectivity index (χ1n) is 11.8. The molecule has 1 heterocycles. The lowest BCUT2D eigenvalue weighted by Gasteiger charge is -2.20. The maximum absolute atomic E-state index is 12.6. The number of nitrogens with one attached hydrogen (secondary N) is 2. The summed E-state index contributed by atoms with van der Waals surface area (Å²) in [6.07, 6.45) is 1.32. The van der Waals surface area contributed by atoms with Gasteiger partial charge in [0.1, 0.15) is 6.61 Å². The number of carbonyl (C=O) groups excluding carboxylic acids is 2. The van der Waals surface area contributed by atoms with E-state index >= 15 is 0 Å². The van der Waals surface area contributed by atoms with E-state index in [9.17, 15) is 14.4 Å². The van der Waals surface area contributed by atoms with Gasteiger partial charge in [-0.1, -0.05) is 55.0 Å². The molecule has 34 heavy (non-hydrogen) atoms. The van der Waals surface area contributed by atoms with Crippen LogP contribution in [-0.2, 0) is 19.1 Å². The summed E-state index contributed by atoms with van der Waals surface area (Å²) in [5.41, 5.74) is 4.61. The van der Waals surface area contributed by atoms with Crippen molar-refractivity contribution in [2.75, 3.05) is 19.8 Å². The number of aliphatic carboxylic acids is 1. The molecule has 2 aliphatic rings. The number of carboxylic acid groups (broad SMARTS) is 1. The molecule has 3 N–H and O–H groups in total. The highest BCUT2D eigenvalue weighted by Gasteiger charge is 2.36. The van der Waals surface area contributed by atoms with Gasteiger partial charge in [-0.3, -0.25) is 9.59 Å². The number of hydrogen-bond donors (Lipinski definition) is 3. The highest BCUT2D eigenvalue weighted by atomic mass is 16.6. The fourth-order valence-electron chi connectivity index (χ4n) is 4.68. The normalized spacial score (nSPS) is 18.7. The minimum atomic E-state index is -0.814. The van der Waals surface area contributed by atoms with Crippen molar-refractivity contribution < 1.29 is 29.0 Å². The highest BCUT2D eigenvalue weighted by molar-refractivity contribution is 5.83. The molecule has 2 aromatic rings. The van der Waals surface area contributed by atoms with Crippen molar-refractivity contribution in [1.29, 1.82) is 0 Å². The fraction of sp³-hybridized carbons (Fsp3) is 0.423. The molecular weight excluding hydrogens is 436 g/mol. The van der Waals surface area contributed by atoms with Gasteiger partial charge >= 0.3 is 12.1 Å². The van der Waals surface area contributed by atoms with Crippen molar-refractivity contribution in [3.63, 3.8) is 0 Å². The predicted octanol–water partition coefficient (Wildman–Crippen LogP) is 3.44. The summed E-state index contributed by atoms with van der Waals surface area (Å²) in [7, 11) is 0. The van der Waals surface area contributed by atoms with Gasteiger partial charge in [-0.2, -0.15) is 0 Å². The Hall–Kier alpha value is -3.39. The summed E-state index contributed by atoms with van der Waals surface area (Å²) >= 11 is 0. The van der Waals surface area contributed by atoms with Crippen LogP contribution in [0.5, 0.6) is 0 Å². The third-order valence-electron chi connectivity index (χ3n) is 6.36. The molecule has 1 saturated heterocycles. The number of ether oxygens (including phenoxy) is 2. The van der Waals surface area contributed by atoms with Crippen LogP contribution in [-0.4, -0.2) is 55.0 Å². The summed E-state index contributed by atoms with van der Waals surface area (Å²) in [6, 6.07) is 15.8. The first-order chi connectivity index (χ1) is 16.5. The smallest absolute Gasteiger partial charge is 0.407 e. The molecule has 8 heteroatoms. The number of alkyl carbamates (subject to hydrolysis) is 1. The number of carbonyl (C=O) groups is 3. The maximum Gasteiger partial charge on any atom is 0.407 e. The van der Waals surface area contributed by atoms with Gasteiger partial charge in [-0.15, -0.1) is 0 Å². The summed E-state index contributed by atoms with van der Waals surface area (Å²) in [5, 5.41) is 14.3. The number of benzene rings is 2. The first-order valence-corrected chi connectivity index (χ1v) is 11.8. The van der Waals surface area contributed by atoms with Crippen molar-refractivity contribution in [2.45, 2.75) is 50.2 Å². The Morgan fingerprint density at radius 1 is 0.971 bits per heavy atom. The Morgan fingerprint density at radius 2 is 1.65 bits per heavy atom. The number of amides is 2. The summed E-state index contributed by atoms with van der Waals surface area (Å²) in [6.45, 7) is 1.03. The Kier molecular flexibility index (Phi) is 7.80. The SMILES string of the molecule is O=C(O)CCCCCNC(=O)C1OCCC1NC(=O)OCC1c2ccccc2-c2ccccc21. The molecule has 2 unspecified atom stereocenters. The Labute approximate surface area is 198 Å². The number of carboxylic acids is 1. The van der Waals surface area contributed by atoms with Gasteiger partial charge in [0, 0.05) is 25.5 Å². The molecule has 2 atom stereocenters. The van der Waals surface area contributed by atoms with Crippen LogP contribution >= 0.6 is 0 Å². The van der Waals surface area contributed by atoms with Gasteiger partial charge < -0.3 is 25.2 Å². The second-order valence-corrected chi connectivity index (χ2v) is 8.65. The van der Waals surface area contributed by atoms with E-state index in [0.717, 1.165) is 28.7 Å². The predicted molar refractivity (Wildman–Crippen MR) is 125 cm³/mol. The average molecular weight is 467 g/mol. The van der Waals surface area contributed by atoms with Crippen LogP contribution in [0.3, 0.4) is 0 Å². The highest BCUT2D eigenvalue weighted by Crippen LogP contribution is 2.44. The largest absolute Gasteiger partial charge is 0.481 e.